The molecule has 0 radical (unpaired) electrons. The van der Waals surface area contributed by atoms with Crippen LogP contribution >= 0.6 is 23.2 Å². The summed E-state index contributed by atoms with van der Waals surface area (Å²) in [5, 5.41) is 10.2. The third-order valence-corrected chi connectivity index (χ3v) is 4.52. The van der Waals surface area contributed by atoms with Crippen LogP contribution in [0.4, 0.5) is 0 Å². The lowest BCUT2D eigenvalue weighted by Gasteiger charge is -2.33. The molecule has 0 spiro atoms. The SMILES string of the molecule is O=C(O)CCC1CCCN(Cc2c(Cl)cccc2Cl)C1. The van der Waals surface area contributed by atoms with Gasteiger partial charge in [-0.25, -0.2) is 0 Å². The third-order valence-electron chi connectivity index (χ3n) is 3.81. The highest BCUT2D eigenvalue weighted by molar-refractivity contribution is 6.35. The van der Waals surface area contributed by atoms with Crippen molar-refractivity contribution < 1.29 is 9.90 Å². The molecule has 0 saturated carbocycles. The molecule has 1 heterocycles. The van der Waals surface area contributed by atoms with E-state index in [1.54, 1.807) is 0 Å². The van der Waals surface area contributed by atoms with Gasteiger partial charge in [-0.05, 0) is 43.9 Å². The van der Waals surface area contributed by atoms with Crippen LogP contribution in [0.1, 0.15) is 31.2 Å². The predicted octanol–water partition coefficient (Wildman–Crippen LogP) is 4.07. The molecule has 1 saturated heterocycles. The van der Waals surface area contributed by atoms with Crippen LogP contribution in [-0.4, -0.2) is 29.1 Å². The second-order valence-electron chi connectivity index (χ2n) is 5.38. The zero-order valence-corrected chi connectivity index (χ0v) is 12.8. The van der Waals surface area contributed by atoms with Crippen LogP contribution in [-0.2, 0) is 11.3 Å². The summed E-state index contributed by atoms with van der Waals surface area (Å²) < 4.78 is 0. The zero-order chi connectivity index (χ0) is 14.5. The van der Waals surface area contributed by atoms with E-state index in [1.165, 1.54) is 0 Å². The Morgan fingerprint density at radius 2 is 2.05 bits per heavy atom. The topological polar surface area (TPSA) is 40.5 Å². The Balaban J connectivity index is 1.94. The maximum atomic E-state index is 10.7. The summed E-state index contributed by atoms with van der Waals surface area (Å²) in [6.07, 6.45) is 3.22. The van der Waals surface area contributed by atoms with Crippen molar-refractivity contribution in [2.75, 3.05) is 13.1 Å². The summed E-state index contributed by atoms with van der Waals surface area (Å²) in [6, 6.07) is 5.56. The lowest BCUT2D eigenvalue weighted by atomic mass is 9.93. The second kappa shape index (κ2) is 7.30. The number of carboxylic acids is 1. The van der Waals surface area contributed by atoms with Gasteiger partial charge in [-0.1, -0.05) is 29.3 Å². The number of hydrogen-bond donors (Lipinski definition) is 1. The number of halogens is 2. The first-order valence-corrected chi connectivity index (χ1v) is 7.69. The number of piperidine rings is 1. The van der Waals surface area contributed by atoms with Gasteiger partial charge in [0.2, 0.25) is 0 Å². The fourth-order valence-electron chi connectivity index (χ4n) is 2.77. The Labute approximate surface area is 129 Å². The lowest BCUT2D eigenvalue weighted by molar-refractivity contribution is -0.137. The van der Waals surface area contributed by atoms with Crippen molar-refractivity contribution in [3.63, 3.8) is 0 Å². The van der Waals surface area contributed by atoms with E-state index in [4.69, 9.17) is 28.3 Å². The molecule has 0 aromatic heterocycles. The number of hydrogen-bond acceptors (Lipinski definition) is 2. The number of aliphatic carboxylic acids is 1. The van der Waals surface area contributed by atoms with Crippen molar-refractivity contribution in [1.29, 1.82) is 0 Å². The third kappa shape index (κ3) is 4.37. The molecule has 2 rings (SSSR count). The molecule has 1 fully saturated rings. The van der Waals surface area contributed by atoms with Crippen LogP contribution in [0.25, 0.3) is 0 Å². The van der Waals surface area contributed by atoms with Gasteiger partial charge in [-0.15, -0.1) is 0 Å². The minimum Gasteiger partial charge on any atom is -0.481 e. The fourth-order valence-corrected chi connectivity index (χ4v) is 3.28. The fraction of sp³-hybridized carbons (Fsp3) is 0.533. The van der Waals surface area contributed by atoms with Crippen molar-refractivity contribution in [1.82, 2.24) is 4.90 Å². The van der Waals surface area contributed by atoms with Crippen molar-refractivity contribution in [3.05, 3.63) is 33.8 Å². The van der Waals surface area contributed by atoms with E-state index in [9.17, 15) is 4.79 Å². The van der Waals surface area contributed by atoms with Crippen molar-refractivity contribution in [3.8, 4) is 0 Å². The summed E-state index contributed by atoms with van der Waals surface area (Å²) in [5.74, 6) is -0.252. The second-order valence-corrected chi connectivity index (χ2v) is 6.19. The van der Waals surface area contributed by atoms with Gasteiger partial charge in [0.25, 0.3) is 0 Å². The highest BCUT2D eigenvalue weighted by Crippen LogP contribution is 2.28. The largest absolute Gasteiger partial charge is 0.481 e. The molecule has 0 amide bonds. The molecule has 0 aliphatic carbocycles. The number of carboxylic acid groups (broad SMARTS) is 1. The monoisotopic (exact) mass is 315 g/mol. The van der Waals surface area contributed by atoms with Crippen LogP contribution in [0, 0.1) is 5.92 Å². The Morgan fingerprint density at radius 1 is 1.35 bits per heavy atom. The average Bonchev–Trinajstić information content (AvgIpc) is 2.41. The van der Waals surface area contributed by atoms with Gasteiger partial charge in [-0.2, -0.15) is 0 Å². The molecule has 110 valence electrons. The minimum atomic E-state index is -0.712. The molecule has 1 aromatic rings. The first-order valence-electron chi connectivity index (χ1n) is 6.93. The molecule has 1 N–H and O–H groups in total. The van der Waals surface area contributed by atoms with E-state index in [0.717, 1.165) is 44.5 Å². The van der Waals surface area contributed by atoms with Crippen LogP contribution in [0.15, 0.2) is 18.2 Å². The van der Waals surface area contributed by atoms with E-state index >= 15 is 0 Å². The summed E-state index contributed by atoms with van der Waals surface area (Å²) in [7, 11) is 0. The molecule has 1 aliphatic rings. The Bertz CT molecular complexity index is 459. The number of nitrogens with zero attached hydrogens (tertiary/aromatic N) is 1. The number of benzene rings is 1. The molecule has 1 aliphatic heterocycles. The molecule has 1 atom stereocenters. The first kappa shape index (κ1) is 15.6. The van der Waals surface area contributed by atoms with E-state index in [0.29, 0.717) is 16.0 Å². The van der Waals surface area contributed by atoms with Crippen LogP contribution < -0.4 is 0 Å². The molecule has 3 nitrogen and oxygen atoms in total. The minimum absolute atomic E-state index is 0.255. The van der Waals surface area contributed by atoms with E-state index in [-0.39, 0.29) is 6.42 Å². The highest BCUT2D eigenvalue weighted by atomic mass is 35.5. The summed E-state index contributed by atoms with van der Waals surface area (Å²) in [4.78, 5) is 13.0. The van der Waals surface area contributed by atoms with Crippen LogP contribution in [0.2, 0.25) is 10.0 Å². The number of rotatable bonds is 5. The van der Waals surface area contributed by atoms with Gasteiger partial charge >= 0.3 is 5.97 Å². The standard InChI is InChI=1S/C15H19Cl2NO2/c16-13-4-1-5-14(17)12(13)10-18-8-2-3-11(9-18)6-7-15(19)20/h1,4-5,11H,2-3,6-10H2,(H,19,20). The van der Waals surface area contributed by atoms with Gasteiger partial charge in [0.15, 0.2) is 0 Å². The van der Waals surface area contributed by atoms with Crippen LogP contribution in [0.5, 0.6) is 0 Å². The Kier molecular flexibility index (Phi) is 5.70. The van der Waals surface area contributed by atoms with Crippen molar-refractivity contribution in [2.45, 2.75) is 32.2 Å². The quantitative estimate of drug-likeness (QED) is 0.890. The predicted molar refractivity (Wildman–Crippen MR) is 81.3 cm³/mol. The summed E-state index contributed by atoms with van der Waals surface area (Å²) in [5.41, 5.74) is 0.967. The highest BCUT2D eigenvalue weighted by Gasteiger charge is 2.21. The van der Waals surface area contributed by atoms with Gasteiger partial charge in [0.1, 0.15) is 0 Å². The molecular formula is C15H19Cl2NO2. The number of carbonyl (C=O) groups is 1. The summed E-state index contributed by atoms with van der Waals surface area (Å²) >= 11 is 12.4. The Hall–Kier alpha value is -0.770. The van der Waals surface area contributed by atoms with Crippen molar-refractivity contribution in [2.24, 2.45) is 5.92 Å². The molecular weight excluding hydrogens is 297 g/mol. The van der Waals surface area contributed by atoms with Crippen LogP contribution in [0.3, 0.4) is 0 Å². The average molecular weight is 316 g/mol. The van der Waals surface area contributed by atoms with E-state index in [1.807, 2.05) is 18.2 Å². The van der Waals surface area contributed by atoms with Gasteiger partial charge in [-0.3, -0.25) is 9.69 Å². The van der Waals surface area contributed by atoms with E-state index < -0.39 is 5.97 Å². The molecule has 0 bridgehead atoms. The summed E-state index contributed by atoms with van der Waals surface area (Å²) in [6.45, 7) is 2.68. The molecule has 1 aromatic carbocycles. The van der Waals surface area contributed by atoms with Crippen molar-refractivity contribution >= 4 is 29.2 Å². The maximum absolute atomic E-state index is 10.7. The molecule has 1 unspecified atom stereocenters. The molecule has 20 heavy (non-hydrogen) atoms. The van der Waals surface area contributed by atoms with Gasteiger partial charge in [0.05, 0.1) is 0 Å². The van der Waals surface area contributed by atoms with Gasteiger partial charge in [0, 0.05) is 35.1 Å². The van der Waals surface area contributed by atoms with Gasteiger partial charge < -0.3 is 5.11 Å². The normalized spacial score (nSPS) is 20.0. The lowest BCUT2D eigenvalue weighted by Crippen LogP contribution is -2.35. The maximum Gasteiger partial charge on any atom is 0.303 e. The Morgan fingerprint density at radius 3 is 2.70 bits per heavy atom. The number of likely N-dealkylation sites (tertiary alicyclic amines) is 1. The molecule has 5 heteroatoms. The van der Waals surface area contributed by atoms with E-state index in [2.05, 4.69) is 4.90 Å². The smallest absolute Gasteiger partial charge is 0.303 e. The first-order chi connectivity index (χ1) is 9.56. The zero-order valence-electron chi connectivity index (χ0n) is 11.3.